The van der Waals surface area contributed by atoms with Crippen LogP contribution in [0.1, 0.15) is 6.42 Å². The summed E-state index contributed by atoms with van der Waals surface area (Å²) in [5.41, 5.74) is 0. The molecule has 3 heteroatoms. The van der Waals surface area contributed by atoms with Gasteiger partial charge < -0.3 is 9.84 Å². The van der Waals surface area contributed by atoms with Crippen molar-refractivity contribution in [1.82, 2.24) is 4.90 Å². The molecule has 0 spiro atoms. The minimum atomic E-state index is 0.129. The molecule has 0 heterocycles. The first-order valence-electron chi connectivity index (χ1n) is 3.09. The van der Waals surface area contributed by atoms with Gasteiger partial charge in [0.15, 0.2) is 0 Å². The number of hydrogen-bond acceptors (Lipinski definition) is 3. The van der Waals surface area contributed by atoms with Gasteiger partial charge in [0.2, 0.25) is 0 Å². The van der Waals surface area contributed by atoms with E-state index in [4.69, 9.17) is 9.84 Å². The summed E-state index contributed by atoms with van der Waals surface area (Å²) < 4.78 is 4.83. The molecule has 0 aromatic carbocycles. The third kappa shape index (κ3) is 5.76. The highest BCUT2D eigenvalue weighted by atomic mass is 16.5. The quantitative estimate of drug-likeness (QED) is 0.420. The van der Waals surface area contributed by atoms with Crippen molar-refractivity contribution in [3.63, 3.8) is 0 Å². The second-order valence-corrected chi connectivity index (χ2v) is 2.07. The van der Waals surface area contributed by atoms with Gasteiger partial charge in [-0.1, -0.05) is 0 Å². The van der Waals surface area contributed by atoms with Crippen LogP contribution in [-0.2, 0) is 4.74 Å². The van der Waals surface area contributed by atoms with Gasteiger partial charge in [0.05, 0.1) is 6.73 Å². The van der Waals surface area contributed by atoms with Crippen molar-refractivity contribution in [2.45, 2.75) is 6.42 Å². The fourth-order valence-corrected chi connectivity index (χ4v) is 0.550. The van der Waals surface area contributed by atoms with Crippen LogP contribution >= 0.6 is 0 Å². The molecule has 3 nitrogen and oxygen atoms in total. The highest BCUT2D eigenvalue weighted by molar-refractivity contribution is 4.42. The molecule has 0 unspecified atom stereocenters. The molecule has 1 N–H and O–H groups in total. The summed E-state index contributed by atoms with van der Waals surface area (Å²) in [6.45, 7) is 1.79. The molecule has 0 bridgehead atoms. The van der Waals surface area contributed by atoms with Crippen molar-refractivity contribution in [2.24, 2.45) is 0 Å². The standard InChI is InChI=1S/C6H15NO2/c1-7(6-8)4-3-5-9-2/h8H,3-6H2,1-2H3. The molecule has 0 aliphatic heterocycles. The number of methoxy groups -OCH3 is 1. The monoisotopic (exact) mass is 133 g/mol. The number of aliphatic hydroxyl groups is 1. The maximum Gasteiger partial charge on any atom is 0.0954 e. The molecule has 0 saturated heterocycles. The minimum absolute atomic E-state index is 0.129. The summed E-state index contributed by atoms with van der Waals surface area (Å²) in [5.74, 6) is 0. The summed E-state index contributed by atoms with van der Waals surface area (Å²) >= 11 is 0. The lowest BCUT2D eigenvalue weighted by atomic mass is 10.4. The zero-order valence-electron chi connectivity index (χ0n) is 6.13. The van der Waals surface area contributed by atoms with E-state index in [-0.39, 0.29) is 6.73 Å². The van der Waals surface area contributed by atoms with E-state index in [1.54, 1.807) is 7.11 Å². The van der Waals surface area contributed by atoms with Gasteiger partial charge >= 0.3 is 0 Å². The van der Waals surface area contributed by atoms with E-state index in [2.05, 4.69) is 0 Å². The Morgan fingerprint density at radius 2 is 2.22 bits per heavy atom. The van der Waals surface area contributed by atoms with Crippen molar-refractivity contribution >= 4 is 0 Å². The van der Waals surface area contributed by atoms with Gasteiger partial charge in [-0.3, -0.25) is 4.90 Å². The lowest BCUT2D eigenvalue weighted by Crippen LogP contribution is -2.21. The number of rotatable bonds is 5. The lowest BCUT2D eigenvalue weighted by molar-refractivity contribution is 0.116. The second-order valence-electron chi connectivity index (χ2n) is 2.07. The van der Waals surface area contributed by atoms with E-state index < -0.39 is 0 Å². The molecule has 0 aliphatic rings. The van der Waals surface area contributed by atoms with Crippen LogP contribution in [0.3, 0.4) is 0 Å². The molecule has 0 aliphatic carbocycles. The highest BCUT2D eigenvalue weighted by Crippen LogP contribution is 1.84. The largest absolute Gasteiger partial charge is 0.385 e. The average molecular weight is 133 g/mol. The van der Waals surface area contributed by atoms with E-state index >= 15 is 0 Å². The van der Waals surface area contributed by atoms with Crippen LogP contribution in [0, 0.1) is 0 Å². The van der Waals surface area contributed by atoms with Gasteiger partial charge in [0.25, 0.3) is 0 Å². The molecule has 0 fully saturated rings. The molecule has 0 amide bonds. The number of nitrogens with zero attached hydrogens (tertiary/aromatic N) is 1. The third-order valence-corrected chi connectivity index (χ3v) is 1.13. The Labute approximate surface area is 56.2 Å². The topological polar surface area (TPSA) is 32.7 Å². The zero-order valence-corrected chi connectivity index (χ0v) is 6.13. The molecular weight excluding hydrogens is 118 g/mol. The summed E-state index contributed by atoms with van der Waals surface area (Å²) in [4.78, 5) is 1.83. The predicted octanol–water partition coefficient (Wildman–Crippen LogP) is -0.0955. The fraction of sp³-hybridized carbons (Fsp3) is 1.00. The third-order valence-electron chi connectivity index (χ3n) is 1.13. The summed E-state index contributed by atoms with van der Waals surface area (Å²) in [6.07, 6.45) is 0.980. The fourth-order valence-electron chi connectivity index (χ4n) is 0.550. The molecule has 56 valence electrons. The zero-order chi connectivity index (χ0) is 7.11. The summed E-state index contributed by atoms with van der Waals surface area (Å²) in [7, 11) is 3.55. The van der Waals surface area contributed by atoms with Crippen LogP contribution < -0.4 is 0 Å². The average Bonchev–Trinajstić information content (AvgIpc) is 1.89. The second kappa shape index (κ2) is 6.01. The first kappa shape index (κ1) is 8.88. The SMILES string of the molecule is COCCCN(C)CO. The van der Waals surface area contributed by atoms with Crippen LogP contribution in [-0.4, -0.2) is 44.0 Å². The first-order chi connectivity index (χ1) is 4.31. The molecular formula is C6H15NO2. The smallest absolute Gasteiger partial charge is 0.0954 e. The molecule has 0 rings (SSSR count). The van der Waals surface area contributed by atoms with E-state index in [9.17, 15) is 0 Å². The number of hydrogen-bond donors (Lipinski definition) is 1. The van der Waals surface area contributed by atoms with Crippen LogP contribution in [0.4, 0.5) is 0 Å². The van der Waals surface area contributed by atoms with Gasteiger partial charge in [-0.2, -0.15) is 0 Å². The normalized spacial score (nSPS) is 10.7. The van der Waals surface area contributed by atoms with Crippen molar-refractivity contribution in [3.8, 4) is 0 Å². The van der Waals surface area contributed by atoms with E-state index in [0.717, 1.165) is 19.6 Å². The Kier molecular flexibility index (Phi) is 5.93. The van der Waals surface area contributed by atoms with Crippen molar-refractivity contribution in [2.75, 3.05) is 34.0 Å². The minimum Gasteiger partial charge on any atom is -0.385 e. The van der Waals surface area contributed by atoms with Crippen LogP contribution in [0.5, 0.6) is 0 Å². The van der Waals surface area contributed by atoms with E-state index in [0.29, 0.717) is 0 Å². The van der Waals surface area contributed by atoms with E-state index in [1.165, 1.54) is 0 Å². The van der Waals surface area contributed by atoms with Gasteiger partial charge in [-0.25, -0.2) is 0 Å². The maximum absolute atomic E-state index is 8.52. The lowest BCUT2D eigenvalue weighted by Gasteiger charge is -2.11. The van der Waals surface area contributed by atoms with Crippen molar-refractivity contribution in [3.05, 3.63) is 0 Å². The Balaban J connectivity index is 2.88. The molecule has 0 atom stereocenters. The molecule has 0 saturated carbocycles. The maximum atomic E-state index is 8.52. The highest BCUT2D eigenvalue weighted by Gasteiger charge is 1.92. The predicted molar refractivity (Wildman–Crippen MR) is 36.2 cm³/mol. The Morgan fingerprint density at radius 3 is 2.67 bits per heavy atom. The summed E-state index contributed by atoms with van der Waals surface area (Å²) in [5, 5.41) is 8.52. The number of ether oxygens (including phenoxy) is 1. The van der Waals surface area contributed by atoms with Crippen molar-refractivity contribution in [1.29, 1.82) is 0 Å². The Morgan fingerprint density at radius 1 is 1.56 bits per heavy atom. The number of aliphatic hydroxyl groups excluding tert-OH is 1. The van der Waals surface area contributed by atoms with Crippen LogP contribution in [0.15, 0.2) is 0 Å². The first-order valence-corrected chi connectivity index (χ1v) is 3.09. The van der Waals surface area contributed by atoms with Gasteiger partial charge in [0.1, 0.15) is 0 Å². The van der Waals surface area contributed by atoms with Gasteiger partial charge in [0, 0.05) is 20.3 Å². The van der Waals surface area contributed by atoms with E-state index in [1.807, 2.05) is 11.9 Å². The molecule has 0 aromatic heterocycles. The molecule has 0 aromatic rings. The summed E-state index contributed by atoms with van der Waals surface area (Å²) in [6, 6.07) is 0. The Hall–Kier alpha value is -0.120. The van der Waals surface area contributed by atoms with Gasteiger partial charge in [-0.05, 0) is 13.5 Å². The van der Waals surface area contributed by atoms with Crippen LogP contribution in [0.25, 0.3) is 0 Å². The van der Waals surface area contributed by atoms with Crippen LogP contribution in [0.2, 0.25) is 0 Å². The molecule has 9 heavy (non-hydrogen) atoms. The van der Waals surface area contributed by atoms with Crippen molar-refractivity contribution < 1.29 is 9.84 Å². The van der Waals surface area contributed by atoms with Gasteiger partial charge in [-0.15, -0.1) is 0 Å². The molecule has 0 radical (unpaired) electrons. The Bertz CT molecular complexity index is 59.0.